The predicted molar refractivity (Wildman–Crippen MR) is 52.0 cm³/mol. The van der Waals surface area contributed by atoms with E-state index >= 15 is 0 Å². The number of nitrogens with one attached hydrogen (secondary N) is 2. The minimum absolute atomic E-state index is 0.0188. The van der Waals surface area contributed by atoms with Crippen LogP contribution in [0.15, 0.2) is 18.2 Å². The molecule has 3 heteroatoms. The molecule has 1 aliphatic rings. The Balaban J connectivity index is 2.36. The molecular weight excluding hydrogens is 164 g/mol. The van der Waals surface area contributed by atoms with Crippen molar-refractivity contribution in [3.63, 3.8) is 0 Å². The summed E-state index contributed by atoms with van der Waals surface area (Å²) in [5, 5.41) is 5.87. The summed E-state index contributed by atoms with van der Waals surface area (Å²) in [7, 11) is 1.65. The molecule has 1 heterocycles. The number of rotatable bonds is 1. The lowest BCUT2D eigenvalue weighted by molar-refractivity contribution is 0.0963. The van der Waals surface area contributed by atoms with Crippen molar-refractivity contribution >= 4 is 11.6 Å². The van der Waals surface area contributed by atoms with Crippen molar-refractivity contribution in [2.45, 2.75) is 6.42 Å². The molecule has 0 saturated carbocycles. The lowest BCUT2D eigenvalue weighted by Gasteiger charge is -2.02. The summed E-state index contributed by atoms with van der Waals surface area (Å²) in [5.74, 6) is -0.0188. The van der Waals surface area contributed by atoms with Crippen LogP contribution in [0.5, 0.6) is 0 Å². The van der Waals surface area contributed by atoms with E-state index < -0.39 is 0 Å². The molecule has 0 bridgehead atoms. The first-order valence-electron chi connectivity index (χ1n) is 4.40. The first-order valence-corrected chi connectivity index (χ1v) is 4.40. The molecule has 2 N–H and O–H groups in total. The third-order valence-corrected chi connectivity index (χ3v) is 2.30. The van der Waals surface area contributed by atoms with Gasteiger partial charge in [-0.3, -0.25) is 4.79 Å². The maximum Gasteiger partial charge on any atom is 0.251 e. The van der Waals surface area contributed by atoms with Gasteiger partial charge in [-0.1, -0.05) is 0 Å². The number of hydrogen-bond donors (Lipinski definition) is 2. The van der Waals surface area contributed by atoms with E-state index in [1.807, 2.05) is 18.2 Å². The summed E-state index contributed by atoms with van der Waals surface area (Å²) in [5.41, 5.74) is 3.14. The summed E-state index contributed by atoms with van der Waals surface area (Å²) in [4.78, 5) is 11.3. The Morgan fingerprint density at radius 3 is 3.15 bits per heavy atom. The quantitative estimate of drug-likeness (QED) is 0.670. The van der Waals surface area contributed by atoms with Crippen molar-refractivity contribution in [3.05, 3.63) is 29.3 Å². The molecule has 3 nitrogen and oxygen atoms in total. The fourth-order valence-electron chi connectivity index (χ4n) is 1.59. The van der Waals surface area contributed by atoms with Gasteiger partial charge in [-0.25, -0.2) is 0 Å². The van der Waals surface area contributed by atoms with Gasteiger partial charge in [-0.2, -0.15) is 0 Å². The molecule has 0 unspecified atom stereocenters. The van der Waals surface area contributed by atoms with Crippen molar-refractivity contribution in [1.29, 1.82) is 0 Å². The highest BCUT2D eigenvalue weighted by atomic mass is 16.1. The largest absolute Gasteiger partial charge is 0.384 e. The normalized spacial score (nSPS) is 13.3. The van der Waals surface area contributed by atoms with Gasteiger partial charge >= 0.3 is 0 Å². The number of carbonyl (C=O) groups is 1. The van der Waals surface area contributed by atoms with Crippen LogP contribution < -0.4 is 10.6 Å². The molecule has 0 spiro atoms. The van der Waals surface area contributed by atoms with Gasteiger partial charge in [-0.05, 0) is 30.2 Å². The SMILES string of the molecule is CNC(=O)c1ccc2c(c1)CCN2. The third kappa shape index (κ3) is 1.37. The number of amides is 1. The van der Waals surface area contributed by atoms with Crippen LogP contribution in [0.3, 0.4) is 0 Å². The molecule has 0 aromatic heterocycles. The summed E-state index contributed by atoms with van der Waals surface area (Å²) in [6.07, 6.45) is 1.01. The minimum Gasteiger partial charge on any atom is -0.384 e. The molecule has 0 atom stereocenters. The number of fused-ring (bicyclic) bond motifs is 1. The number of anilines is 1. The monoisotopic (exact) mass is 176 g/mol. The molecule has 1 aromatic carbocycles. The fourth-order valence-corrected chi connectivity index (χ4v) is 1.59. The highest BCUT2D eigenvalue weighted by Crippen LogP contribution is 2.22. The summed E-state index contributed by atoms with van der Waals surface area (Å²) < 4.78 is 0. The van der Waals surface area contributed by atoms with Crippen molar-refractivity contribution in [3.8, 4) is 0 Å². The van der Waals surface area contributed by atoms with Crippen LogP contribution in [0.1, 0.15) is 15.9 Å². The molecule has 1 amide bonds. The maximum absolute atomic E-state index is 11.3. The maximum atomic E-state index is 11.3. The van der Waals surface area contributed by atoms with Crippen molar-refractivity contribution in [2.24, 2.45) is 0 Å². The molecule has 0 radical (unpaired) electrons. The summed E-state index contributed by atoms with van der Waals surface area (Å²) >= 11 is 0. The standard InChI is InChI=1S/C10H12N2O/c1-11-10(13)8-2-3-9-7(6-8)4-5-12-9/h2-3,6,12H,4-5H2,1H3,(H,11,13). The summed E-state index contributed by atoms with van der Waals surface area (Å²) in [6, 6.07) is 5.76. The van der Waals surface area contributed by atoms with Crippen molar-refractivity contribution < 1.29 is 4.79 Å². The Labute approximate surface area is 77.1 Å². The molecule has 13 heavy (non-hydrogen) atoms. The van der Waals surface area contributed by atoms with Gasteiger partial charge in [0.15, 0.2) is 0 Å². The van der Waals surface area contributed by atoms with Crippen LogP contribution in [-0.4, -0.2) is 19.5 Å². The lowest BCUT2D eigenvalue weighted by Crippen LogP contribution is -2.17. The first kappa shape index (κ1) is 8.10. The molecule has 1 aromatic rings. The van der Waals surface area contributed by atoms with E-state index in [2.05, 4.69) is 10.6 Å². The Morgan fingerprint density at radius 1 is 1.54 bits per heavy atom. The highest BCUT2D eigenvalue weighted by molar-refractivity contribution is 5.94. The minimum atomic E-state index is -0.0188. The second-order valence-electron chi connectivity index (χ2n) is 3.13. The zero-order chi connectivity index (χ0) is 9.26. The second-order valence-corrected chi connectivity index (χ2v) is 3.13. The van der Waals surface area contributed by atoms with Crippen LogP contribution in [0.2, 0.25) is 0 Å². The van der Waals surface area contributed by atoms with Gasteiger partial charge < -0.3 is 10.6 Å². The molecule has 68 valence electrons. The van der Waals surface area contributed by atoms with E-state index in [-0.39, 0.29) is 5.91 Å². The van der Waals surface area contributed by atoms with Gasteiger partial charge in [-0.15, -0.1) is 0 Å². The van der Waals surface area contributed by atoms with Crippen LogP contribution in [0.25, 0.3) is 0 Å². The van der Waals surface area contributed by atoms with Crippen molar-refractivity contribution in [1.82, 2.24) is 5.32 Å². The molecule has 1 aliphatic heterocycles. The molecular formula is C10H12N2O. The van der Waals surface area contributed by atoms with Crippen LogP contribution in [0, 0.1) is 0 Å². The van der Waals surface area contributed by atoms with Crippen LogP contribution >= 0.6 is 0 Å². The van der Waals surface area contributed by atoms with Gasteiger partial charge in [0.05, 0.1) is 0 Å². The van der Waals surface area contributed by atoms with Gasteiger partial charge in [0.1, 0.15) is 0 Å². The van der Waals surface area contributed by atoms with Gasteiger partial charge in [0.2, 0.25) is 0 Å². The third-order valence-electron chi connectivity index (χ3n) is 2.30. The van der Waals surface area contributed by atoms with Crippen LogP contribution in [-0.2, 0) is 6.42 Å². The van der Waals surface area contributed by atoms with E-state index in [1.54, 1.807) is 7.05 Å². The smallest absolute Gasteiger partial charge is 0.251 e. The highest BCUT2D eigenvalue weighted by Gasteiger charge is 2.12. The van der Waals surface area contributed by atoms with E-state index in [4.69, 9.17) is 0 Å². The lowest BCUT2D eigenvalue weighted by atomic mass is 10.1. The zero-order valence-corrected chi connectivity index (χ0v) is 7.55. The van der Waals surface area contributed by atoms with E-state index in [1.165, 1.54) is 5.56 Å². The average molecular weight is 176 g/mol. The Bertz CT molecular complexity index is 347. The Kier molecular flexibility index (Phi) is 1.93. The molecule has 0 aliphatic carbocycles. The Morgan fingerprint density at radius 2 is 2.38 bits per heavy atom. The average Bonchev–Trinajstić information content (AvgIpc) is 2.63. The summed E-state index contributed by atoms with van der Waals surface area (Å²) in [6.45, 7) is 0.979. The molecule has 0 fully saturated rings. The molecule has 2 rings (SSSR count). The predicted octanol–water partition coefficient (Wildman–Crippen LogP) is 1.01. The van der Waals surface area contributed by atoms with E-state index in [0.717, 1.165) is 24.2 Å². The van der Waals surface area contributed by atoms with E-state index in [9.17, 15) is 4.79 Å². The zero-order valence-electron chi connectivity index (χ0n) is 7.55. The van der Waals surface area contributed by atoms with Gasteiger partial charge in [0, 0.05) is 24.8 Å². The number of carbonyl (C=O) groups excluding carboxylic acids is 1. The first-order chi connectivity index (χ1) is 6.31. The number of benzene rings is 1. The Hall–Kier alpha value is -1.51. The van der Waals surface area contributed by atoms with Gasteiger partial charge in [0.25, 0.3) is 5.91 Å². The van der Waals surface area contributed by atoms with Crippen LogP contribution in [0.4, 0.5) is 5.69 Å². The number of hydrogen-bond acceptors (Lipinski definition) is 2. The second kappa shape index (κ2) is 3.09. The topological polar surface area (TPSA) is 41.1 Å². The van der Waals surface area contributed by atoms with Crippen molar-refractivity contribution in [2.75, 3.05) is 18.9 Å². The fraction of sp³-hybridized carbons (Fsp3) is 0.300. The molecule has 0 saturated heterocycles. The van der Waals surface area contributed by atoms with E-state index in [0.29, 0.717) is 0 Å².